The van der Waals surface area contributed by atoms with Gasteiger partial charge in [-0.1, -0.05) is 15.9 Å². The second-order valence-electron chi connectivity index (χ2n) is 4.11. The van der Waals surface area contributed by atoms with Crippen LogP contribution in [0.1, 0.15) is 20.8 Å². The van der Waals surface area contributed by atoms with Crippen LogP contribution in [-0.4, -0.2) is 25.8 Å². The fourth-order valence-electron chi connectivity index (χ4n) is 1.15. The van der Waals surface area contributed by atoms with E-state index in [9.17, 15) is 4.79 Å². The van der Waals surface area contributed by atoms with E-state index >= 15 is 0 Å². The highest BCUT2D eigenvalue weighted by atomic mass is 79.9. The van der Waals surface area contributed by atoms with Gasteiger partial charge in [-0.25, -0.2) is 4.98 Å². The number of halogens is 1. The van der Waals surface area contributed by atoms with E-state index in [1.54, 1.807) is 12.5 Å². The number of hydrogen-bond donors (Lipinski definition) is 1. The zero-order chi connectivity index (χ0) is 11.5. The van der Waals surface area contributed by atoms with Gasteiger partial charge in [0, 0.05) is 25.0 Å². The van der Waals surface area contributed by atoms with Gasteiger partial charge < -0.3 is 9.88 Å². The summed E-state index contributed by atoms with van der Waals surface area (Å²) in [4.78, 5) is 15.6. The highest BCUT2D eigenvalue weighted by molar-refractivity contribution is 9.10. The van der Waals surface area contributed by atoms with Gasteiger partial charge in [-0.05, 0) is 20.8 Å². The van der Waals surface area contributed by atoms with E-state index in [-0.39, 0.29) is 11.9 Å². The molecule has 1 atom stereocenters. The lowest BCUT2D eigenvalue weighted by Crippen LogP contribution is -2.43. The van der Waals surface area contributed by atoms with Gasteiger partial charge in [0.2, 0.25) is 5.91 Å². The largest absolute Gasteiger partial charge is 0.351 e. The molecule has 0 saturated heterocycles. The maximum absolute atomic E-state index is 11.6. The Bertz CT molecular complexity index is 316. The Labute approximate surface area is 98.2 Å². The zero-order valence-electron chi connectivity index (χ0n) is 9.20. The molecule has 0 fully saturated rings. The van der Waals surface area contributed by atoms with E-state index in [2.05, 4.69) is 26.2 Å². The Kier molecular flexibility index (Phi) is 3.90. The Balaban J connectivity index is 2.43. The summed E-state index contributed by atoms with van der Waals surface area (Å²) in [7, 11) is 0. The van der Waals surface area contributed by atoms with Gasteiger partial charge in [-0.3, -0.25) is 4.79 Å². The van der Waals surface area contributed by atoms with Gasteiger partial charge >= 0.3 is 0 Å². The zero-order valence-corrected chi connectivity index (χ0v) is 10.8. The molecule has 0 aromatic carbocycles. The standard InChI is InChI=1S/C10H16BrN3O/c1-8(6-14-5-4-12-7-14)13-9(15)10(2,3)11/h4-5,7-8H,6H2,1-3H3,(H,13,15). The smallest absolute Gasteiger partial charge is 0.236 e. The van der Waals surface area contributed by atoms with Crippen molar-refractivity contribution < 1.29 is 4.79 Å². The van der Waals surface area contributed by atoms with E-state index in [1.165, 1.54) is 0 Å². The fraction of sp³-hybridized carbons (Fsp3) is 0.600. The summed E-state index contributed by atoms with van der Waals surface area (Å²) < 4.78 is 1.42. The van der Waals surface area contributed by atoms with Crippen molar-refractivity contribution in [3.8, 4) is 0 Å². The first-order chi connectivity index (χ1) is 6.89. The number of amides is 1. The Morgan fingerprint density at radius 1 is 1.67 bits per heavy atom. The molecule has 0 radical (unpaired) electrons. The maximum atomic E-state index is 11.6. The Morgan fingerprint density at radius 3 is 2.80 bits per heavy atom. The molecule has 0 aliphatic carbocycles. The van der Waals surface area contributed by atoms with Gasteiger partial charge in [0.25, 0.3) is 0 Å². The van der Waals surface area contributed by atoms with E-state index in [4.69, 9.17) is 0 Å². The highest BCUT2D eigenvalue weighted by Gasteiger charge is 2.24. The summed E-state index contributed by atoms with van der Waals surface area (Å²) in [6.45, 7) is 6.35. The Morgan fingerprint density at radius 2 is 2.33 bits per heavy atom. The van der Waals surface area contributed by atoms with Crippen LogP contribution in [-0.2, 0) is 11.3 Å². The first-order valence-electron chi connectivity index (χ1n) is 4.85. The van der Waals surface area contributed by atoms with Crippen LogP contribution in [0.5, 0.6) is 0 Å². The van der Waals surface area contributed by atoms with Crippen LogP contribution in [0, 0.1) is 0 Å². The normalized spacial score (nSPS) is 13.6. The minimum absolute atomic E-state index is 0.00452. The molecule has 1 aromatic rings. The van der Waals surface area contributed by atoms with E-state index in [1.807, 2.05) is 31.5 Å². The van der Waals surface area contributed by atoms with Crippen LogP contribution in [0.3, 0.4) is 0 Å². The highest BCUT2D eigenvalue weighted by Crippen LogP contribution is 2.15. The molecule has 15 heavy (non-hydrogen) atoms. The summed E-state index contributed by atoms with van der Waals surface area (Å²) in [5, 5.41) is 2.92. The molecule has 84 valence electrons. The summed E-state index contributed by atoms with van der Waals surface area (Å²) in [6, 6.07) is 0.0866. The molecule has 1 unspecified atom stereocenters. The molecule has 0 saturated carbocycles. The van der Waals surface area contributed by atoms with Crippen LogP contribution in [0.15, 0.2) is 18.7 Å². The van der Waals surface area contributed by atoms with Crippen molar-refractivity contribution in [3.63, 3.8) is 0 Å². The van der Waals surface area contributed by atoms with Crippen molar-refractivity contribution in [2.24, 2.45) is 0 Å². The minimum Gasteiger partial charge on any atom is -0.351 e. The van der Waals surface area contributed by atoms with Gasteiger partial charge in [0.15, 0.2) is 0 Å². The predicted octanol–water partition coefficient (Wildman–Crippen LogP) is 1.56. The topological polar surface area (TPSA) is 46.9 Å². The average molecular weight is 274 g/mol. The van der Waals surface area contributed by atoms with Crippen LogP contribution in [0.4, 0.5) is 0 Å². The van der Waals surface area contributed by atoms with Gasteiger partial charge in [-0.15, -0.1) is 0 Å². The maximum Gasteiger partial charge on any atom is 0.236 e. The lowest BCUT2D eigenvalue weighted by atomic mass is 10.2. The number of aromatic nitrogens is 2. The van der Waals surface area contributed by atoms with Crippen molar-refractivity contribution in [2.75, 3.05) is 0 Å². The lowest BCUT2D eigenvalue weighted by molar-refractivity contribution is -0.123. The molecule has 1 amide bonds. The van der Waals surface area contributed by atoms with E-state index in [0.717, 1.165) is 6.54 Å². The molecule has 1 rings (SSSR count). The first-order valence-corrected chi connectivity index (χ1v) is 5.64. The van der Waals surface area contributed by atoms with Crippen LogP contribution < -0.4 is 5.32 Å². The molecule has 1 aromatic heterocycles. The van der Waals surface area contributed by atoms with Gasteiger partial charge in [0.05, 0.1) is 10.7 Å². The van der Waals surface area contributed by atoms with E-state index < -0.39 is 4.32 Å². The number of carbonyl (C=O) groups is 1. The molecule has 1 N–H and O–H groups in total. The third kappa shape index (κ3) is 4.03. The van der Waals surface area contributed by atoms with Crippen molar-refractivity contribution in [3.05, 3.63) is 18.7 Å². The quantitative estimate of drug-likeness (QED) is 0.847. The molecule has 1 heterocycles. The number of rotatable bonds is 4. The number of alkyl halides is 1. The average Bonchev–Trinajstić information content (AvgIpc) is 2.54. The lowest BCUT2D eigenvalue weighted by Gasteiger charge is -2.20. The molecular formula is C10H16BrN3O. The van der Waals surface area contributed by atoms with Crippen LogP contribution in [0.25, 0.3) is 0 Å². The minimum atomic E-state index is -0.518. The van der Waals surface area contributed by atoms with Crippen molar-refractivity contribution in [1.29, 1.82) is 0 Å². The van der Waals surface area contributed by atoms with Gasteiger partial charge in [0.1, 0.15) is 0 Å². The van der Waals surface area contributed by atoms with Crippen molar-refractivity contribution in [1.82, 2.24) is 14.9 Å². The number of imidazole rings is 1. The number of carbonyl (C=O) groups excluding carboxylic acids is 1. The monoisotopic (exact) mass is 273 g/mol. The summed E-state index contributed by atoms with van der Waals surface area (Å²) in [6.07, 6.45) is 5.34. The second kappa shape index (κ2) is 4.79. The molecule has 4 nitrogen and oxygen atoms in total. The first kappa shape index (κ1) is 12.2. The SMILES string of the molecule is CC(Cn1ccnc1)NC(=O)C(C)(C)Br. The summed E-state index contributed by atoms with van der Waals surface area (Å²) >= 11 is 3.32. The van der Waals surface area contributed by atoms with E-state index in [0.29, 0.717) is 0 Å². The Hall–Kier alpha value is -0.840. The number of nitrogens with one attached hydrogen (secondary N) is 1. The van der Waals surface area contributed by atoms with Crippen molar-refractivity contribution >= 4 is 21.8 Å². The molecule has 0 bridgehead atoms. The number of nitrogens with zero attached hydrogens (tertiary/aromatic N) is 2. The van der Waals surface area contributed by atoms with Crippen molar-refractivity contribution in [2.45, 2.75) is 37.7 Å². The third-order valence-corrected chi connectivity index (χ3v) is 2.32. The van der Waals surface area contributed by atoms with Gasteiger partial charge in [-0.2, -0.15) is 0 Å². The second-order valence-corrected chi connectivity index (χ2v) is 6.09. The van der Waals surface area contributed by atoms with Crippen LogP contribution >= 0.6 is 15.9 Å². The fourth-order valence-corrected chi connectivity index (χ4v) is 1.27. The van der Waals surface area contributed by atoms with Crippen LogP contribution in [0.2, 0.25) is 0 Å². The molecule has 5 heteroatoms. The summed E-state index contributed by atoms with van der Waals surface area (Å²) in [5.74, 6) is -0.00452. The molecule has 0 aliphatic rings. The third-order valence-electron chi connectivity index (χ3n) is 1.96. The molecule has 0 spiro atoms. The molecular weight excluding hydrogens is 258 g/mol. The molecule has 0 aliphatic heterocycles. The number of hydrogen-bond acceptors (Lipinski definition) is 2. The predicted molar refractivity (Wildman–Crippen MR) is 62.8 cm³/mol. The summed E-state index contributed by atoms with van der Waals surface area (Å²) in [5.41, 5.74) is 0.